The monoisotopic (exact) mass is 277 g/mol. The zero-order valence-electron chi connectivity index (χ0n) is 9.96. The zero-order valence-corrected chi connectivity index (χ0v) is 9.96. The quantitative estimate of drug-likeness (QED) is 0.473. The number of halogens is 3. The summed E-state index contributed by atoms with van der Waals surface area (Å²) in [5.41, 5.74) is 0.682. The van der Waals surface area contributed by atoms with Gasteiger partial charge in [-0.1, -0.05) is 0 Å². The number of nitrogen functional groups attached to an aromatic ring is 1. The number of aromatic nitrogens is 2. The van der Waals surface area contributed by atoms with Crippen molar-refractivity contribution in [1.29, 1.82) is 0 Å². The molecule has 0 aliphatic heterocycles. The van der Waals surface area contributed by atoms with E-state index in [1.54, 1.807) is 0 Å². The van der Waals surface area contributed by atoms with Crippen LogP contribution in [0.3, 0.4) is 0 Å². The molecule has 106 valence electrons. The van der Waals surface area contributed by atoms with Gasteiger partial charge in [0.1, 0.15) is 5.82 Å². The van der Waals surface area contributed by atoms with Crippen LogP contribution in [0.15, 0.2) is 6.07 Å². The number of nitrogens with two attached hydrogens (primary N) is 1. The molecular formula is C10H14F3N5O. The Labute approximate surface area is 107 Å². The van der Waals surface area contributed by atoms with Gasteiger partial charge in [0.15, 0.2) is 5.69 Å². The van der Waals surface area contributed by atoms with Crippen LogP contribution in [0.5, 0.6) is 0 Å². The van der Waals surface area contributed by atoms with Gasteiger partial charge in [-0.3, -0.25) is 5.43 Å². The molecule has 6 nitrogen and oxygen atoms in total. The van der Waals surface area contributed by atoms with E-state index in [0.717, 1.165) is 18.9 Å². The Balaban J connectivity index is 2.15. The molecule has 2 rings (SSSR count). The average Bonchev–Trinajstić information content (AvgIpc) is 3.15. The molecular weight excluding hydrogens is 263 g/mol. The summed E-state index contributed by atoms with van der Waals surface area (Å²) >= 11 is 0. The molecule has 1 fully saturated rings. The SMILES string of the molecule is NNc1nc(NCC2(CO)CC2)cc(C(F)(F)F)n1. The predicted molar refractivity (Wildman–Crippen MR) is 62.1 cm³/mol. The van der Waals surface area contributed by atoms with Gasteiger partial charge >= 0.3 is 6.18 Å². The molecule has 0 atom stereocenters. The van der Waals surface area contributed by atoms with Crippen LogP contribution in [-0.2, 0) is 6.18 Å². The molecule has 0 amide bonds. The van der Waals surface area contributed by atoms with E-state index < -0.39 is 11.9 Å². The normalized spacial score (nSPS) is 17.1. The summed E-state index contributed by atoms with van der Waals surface area (Å²) in [6.07, 6.45) is -2.88. The van der Waals surface area contributed by atoms with Crippen molar-refractivity contribution in [1.82, 2.24) is 9.97 Å². The van der Waals surface area contributed by atoms with Gasteiger partial charge in [0.2, 0.25) is 5.95 Å². The van der Waals surface area contributed by atoms with Gasteiger partial charge in [-0.2, -0.15) is 18.2 Å². The summed E-state index contributed by atoms with van der Waals surface area (Å²) < 4.78 is 37.8. The topological polar surface area (TPSA) is 96.1 Å². The van der Waals surface area contributed by atoms with Crippen molar-refractivity contribution in [2.45, 2.75) is 19.0 Å². The number of nitrogens with one attached hydrogen (secondary N) is 2. The van der Waals surface area contributed by atoms with Gasteiger partial charge in [-0.25, -0.2) is 10.8 Å². The molecule has 1 aliphatic rings. The second-order valence-electron chi connectivity index (χ2n) is 4.62. The fourth-order valence-corrected chi connectivity index (χ4v) is 1.59. The maximum absolute atomic E-state index is 12.6. The Bertz CT molecular complexity index is 461. The van der Waals surface area contributed by atoms with E-state index in [0.29, 0.717) is 6.54 Å². The van der Waals surface area contributed by atoms with Crippen LogP contribution in [0.2, 0.25) is 0 Å². The van der Waals surface area contributed by atoms with Crippen LogP contribution in [0.1, 0.15) is 18.5 Å². The van der Waals surface area contributed by atoms with Gasteiger partial charge in [0.25, 0.3) is 0 Å². The average molecular weight is 277 g/mol. The van der Waals surface area contributed by atoms with E-state index in [-0.39, 0.29) is 23.8 Å². The first-order chi connectivity index (χ1) is 8.88. The maximum atomic E-state index is 12.6. The van der Waals surface area contributed by atoms with E-state index in [4.69, 9.17) is 10.9 Å². The highest BCUT2D eigenvalue weighted by molar-refractivity contribution is 5.43. The van der Waals surface area contributed by atoms with Crippen LogP contribution in [0.4, 0.5) is 24.9 Å². The van der Waals surface area contributed by atoms with Crippen LogP contribution in [0, 0.1) is 5.41 Å². The minimum absolute atomic E-state index is 0.000786. The molecule has 0 bridgehead atoms. The Morgan fingerprint density at radius 2 is 2.05 bits per heavy atom. The number of rotatable bonds is 5. The molecule has 0 saturated heterocycles. The fraction of sp³-hybridized carbons (Fsp3) is 0.600. The van der Waals surface area contributed by atoms with Crippen molar-refractivity contribution in [3.05, 3.63) is 11.8 Å². The number of nitrogens with zero attached hydrogens (tertiary/aromatic N) is 2. The summed E-state index contributed by atoms with van der Waals surface area (Å²) in [4.78, 5) is 7.03. The first-order valence-corrected chi connectivity index (χ1v) is 5.66. The number of aliphatic hydroxyl groups excluding tert-OH is 1. The fourth-order valence-electron chi connectivity index (χ4n) is 1.59. The molecule has 1 saturated carbocycles. The highest BCUT2D eigenvalue weighted by Crippen LogP contribution is 2.44. The van der Waals surface area contributed by atoms with Crippen molar-refractivity contribution < 1.29 is 18.3 Å². The van der Waals surface area contributed by atoms with Gasteiger partial charge in [0, 0.05) is 18.0 Å². The Morgan fingerprint density at radius 1 is 1.37 bits per heavy atom. The summed E-state index contributed by atoms with van der Waals surface area (Å²) in [6.45, 7) is 0.362. The molecule has 19 heavy (non-hydrogen) atoms. The number of aliphatic hydroxyl groups is 1. The van der Waals surface area contributed by atoms with Crippen molar-refractivity contribution in [2.24, 2.45) is 11.3 Å². The summed E-state index contributed by atoms with van der Waals surface area (Å²) in [6, 6.07) is 0.814. The third kappa shape index (κ3) is 3.24. The number of hydrogen-bond acceptors (Lipinski definition) is 6. The van der Waals surface area contributed by atoms with E-state index in [9.17, 15) is 13.2 Å². The van der Waals surface area contributed by atoms with E-state index in [2.05, 4.69) is 15.3 Å². The third-order valence-corrected chi connectivity index (χ3v) is 3.08. The lowest BCUT2D eigenvalue weighted by Crippen LogP contribution is -2.21. The molecule has 1 heterocycles. The van der Waals surface area contributed by atoms with Crippen LogP contribution >= 0.6 is 0 Å². The number of hydrogen-bond donors (Lipinski definition) is 4. The van der Waals surface area contributed by atoms with E-state index >= 15 is 0 Å². The maximum Gasteiger partial charge on any atom is 0.433 e. The first kappa shape index (κ1) is 13.8. The van der Waals surface area contributed by atoms with Gasteiger partial charge in [0.05, 0.1) is 6.61 Å². The lowest BCUT2D eigenvalue weighted by molar-refractivity contribution is -0.141. The van der Waals surface area contributed by atoms with Crippen LogP contribution in [0.25, 0.3) is 0 Å². The molecule has 1 aromatic rings. The minimum atomic E-state index is -4.57. The van der Waals surface area contributed by atoms with Crippen molar-refractivity contribution >= 4 is 11.8 Å². The molecule has 1 aliphatic carbocycles. The minimum Gasteiger partial charge on any atom is -0.396 e. The van der Waals surface area contributed by atoms with Crippen LogP contribution in [-0.4, -0.2) is 28.2 Å². The molecule has 5 N–H and O–H groups in total. The van der Waals surface area contributed by atoms with E-state index in [1.165, 1.54) is 0 Å². The van der Waals surface area contributed by atoms with Gasteiger partial charge in [-0.15, -0.1) is 0 Å². The Kier molecular flexibility index (Phi) is 3.50. The lowest BCUT2D eigenvalue weighted by Gasteiger charge is -2.15. The highest BCUT2D eigenvalue weighted by atomic mass is 19.4. The van der Waals surface area contributed by atoms with Crippen LogP contribution < -0.4 is 16.6 Å². The molecule has 1 aromatic heterocycles. The predicted octanol–water partition coefficient (Wildman–Crippen LogP) is 0.965. The number of alkyl halides is 3. The second kappa shape index (κ2) is 4.82. The smallest absolute Gasteiger partial charge is 0.396 e. The first-order valence-electron chi connectivity index (χ1n) is 5.66. The summed E-state index contributed by atoms with van der Waals surface area (Å²) in [5, 5.41) is 11.9. The van der Waals surface area contributed by atoms with Crippen molar-refractivity contribution in [3.63, 3.8) is 0 Å². The van der Waals surface area contributed by atoms with Crippen molar-refractivity contribution in [2.75, 3.05) is 23.9 Å². The Morgan fingerprint density at radius 3 is 2.53 bits per heavy atom. The number of anilines is 2. The second-order valence-corrected chi connectivity index (χ2v) is 4.62. The highest BCUT2D eigenvalue weighted by Gasteiger charge is 2.42. The molecule has 9 heteroatoms. The molecule has 0 unspecified atom stereocenters. The lowest BCUT2D eigenvalue weighted by atomic mass is 10.1. The standard InChI is InChI=1S/C10H14F3N5O/c11-10(12,13)6-3-7(17-8(16-6)18-14)15-4-9(5-19)1-2-9/h3,19H,1-2,4-5,14H2,(H2,15,16,17,18). The Hall–Kier alpha value is -1.61. The summed E-state index contributed by atoms with van der Waals surface area (Å²) in [5.74, 6) is 4.75. The third-order valence-electron chi connectivity index (χ3n) is 3.08. The molecule has 0 radical (unpaired) electrons. The van der Waals surface area contributed by atoms with Gasteiger partial charge in [-0.05, 0) is 12.8 Å². The van der Waals surface area contributed by atoms with E-state index in [1.807, 2.05) is 5.43 Å². The van der Waals surface area contributed by atoms with Gasteiger partial charge < -0.3 is 10.4 Å². The molecule has 0 aromatic carbocycles. The summed E-state index contributed by atoms with van der Waals surface area (Å²) in [7, 11) is 0. The zero-order chi connectivity index (χ0) is 14.1. The largest absolute Gasteiger partial charge is 0.433 e. The molecule has 0 spiro atoms. The number of hydrazine groups is 1. The van der Waals surface area contributed by atoms with Crippen molar-refractivity contribution in [3.8, 4) is 0 Å².